The number of aromatic nitrogens is 1. The van der Waals surface area contributed by atoms with Crippen LogP contribution in [-0.4, -0.2) is 22.8 Å². The fourth-order valence-electron chi connectivity index (χ4n) is 2.76. The number of thiophene rings is 1. The number of carbonyl (C=O) groups is 2. The number of anilines is 1. The average Bonchev–Trinajstić information content (AvgIpc) is 3.21. The summed E-state index contributed by atoms with van der Waals surface area (Å²) in [5.41, 5.74) is 3.16. The Morgan fingerprint density at radius 3 is 2.62 bits per heavy atom. The number of hydrogen-bond donors (Lipinski definition) is 2. The molecule has 0 saturated carbocycles. The van der Waals surface area contributed by atoms with Crippen molar-refractivity contribution in [2.45, 2.75) is 33.7 Å². The van der Waals surface area contributed by atoms with E-state index in [1.807, 2.05) is 39.1 Å². The molecule has 7 heteroatoms. The molecule has 0 fully saturated rings. The van der Waals surface area contributed by atoms with Gasteiger partial charge in [-0.2, -0.15) is 0 Å². The van der Waals surface area contributed by atoms with E-state index in [0.29, 0.717) is 10.0 Å². The molecule has 2 N–H and O–H groups in total. The van der Waals surface area contributed by atoms with Gasteiger partial charge in [0.05, 0.1) is 15.1 Å². The first-order chi connectivity index (χ1) is 12.3. The molecule has 0 aliphatic rings. The highest BCUT2D eigenvalue weighted by molar-refractivity contribution is 7.22. The van der Waals surface area contributed by atoms with Gasteiger partial charge in [0.25, 0.3) is 5.91 Å². The van der Waals surface area contributed by atoms with Crippen LogP contribution in [0.1, 0.15) is 34.6 Å². The van der Waals surface area contributed by atoms with Crippen LogP contribution in [0.2, 0.25) is 0 Å². The van der Waals surface area contributed by atoms with Crippen LogP contribution in [0, 0.1) is 19.8 Å². The largest absolute Gasteiger partial charge is 0.339 e. The number of carbonyl (C=O) groups excluding carboxylic acids is 2. The lowest BCUT2D eigenvalue weighted by atomic mass is 10.0. The van der Waals surface area contributed by atoms with E-state index in [2.05, 4.69) is 27.8 Å². The molecule has 1 unspecified atom stereocenters. The summed E-state index contributed by atoms with van der Waals surface area (Å²) in [6.07, 6.45) is 0. The highest BCUT2D eigenvalue weighted by Gasteiger charge is 2.26. The fraction of sp³-hybridized carbons (Fsp3) is 0.316. The van der Waals surface area contributed by atoms with E-state index in [1.54, 1.807) is 6.07 Å². The summed E-state index contributed by atoms with van der Waals surface area (Å²) < 4.78 is 1.04. The van der Waals surface area contributed by atoms with Gasteiger partial charge in [0, 0.05) is 0 Å². The highest BCUT2D eigenvalue weighted by atomic mass is 32.1. The minimum absolute atomic E-state index is 0.0442. The maximum Gasteiger partial charge on any atom is 0.262 e. The van der Waals surface area contributed by atoms with Crippen molar-refractivity contribution in [1.29, 1.82) is 0 Å². The van der Waals surface area contributed by atoms with Gasteiger partial charge in [0.15, 0.2) is 5.13 Å². The molecule has 136 valence electrons. The molecule has 5 nitrogen and oxygen atoms in total. The Labute approximate surface area is 160 Å². The molecular formula is C19H21N3O2S2. The quantitative estimate of drug-likeness (QED) is 0.683. The van der Waals surface area contributed by atoms with Crippen molar-refractivity contribution in [1.82, 2.24) is 10.3 Å². The number of nitrogens with zero attached hydrogens (tertiary/aromatic N) is 1. The molecule has 0 aliphatic heterocycles. The molecule has 3 rings (SSSR count). The predicted molar refractivity (Wildman–Crippen MR) is 108 cm³/mol. The van der Waals surface area contributed by atoms with Crippen LogP contribution in [0.5, 0.6) is 0 Å². The molecule has 2 aromatic heterocycles. The second-order valence-electron chi connectivity index (χ2n) is 6.61. The standard InChI is InChI=1S/C19H21N3O2S2/c1-10(2)15(20-17(23)13-6-5-7-25-13)18(24)22-19-21-16-12(4)8-11(3)9-14(16)26-19/h5-10,15H,1-4H3,(H,20,23)(H,21,22,24). The predicted octanol–water partition coefficient (Wildman–Crippen LogP) is 4.37. The van der Waals surface area contributed by atoms with Crippen LogP contribution in [0.4, 0.5) is 5.13 Å². The zero-order valence-electron chi connectivity index (χ0n) is 15.1. The van der Waals surface area contributed by atoms with E-state index in [1.165, 1.54) is 28.2 Å². The summed E-state index contributed by atoms with van der Waals surface area (Å²) in [5, 5.41) is 8.09. The number of amides is 2. The van der Waals surface area contributed by atoms with Gasteiger partial charge in [0.2, 0.25) is 5.91 Å². The van der Waals surface area contributed by atoms with Crippen molar-refractivity contribution in [2.75, 3.05) is 5.32 Å². The molecular weight excluding hydrogens is 366 g/mol. The fourth-order valence-corrected chi connectivity index (χ4v) is 4.43. The monoisotopic (exact) mass is 387 g/mol. The van der Waals surface area contributed by atoms with Crippen molar-refractivity contribution in [3.63, 3.8) is 0 Å². The number of hydrogen-bond acceptors (Lipinski definition) is 5. The van der Waals surface area contributed by atoms with E-state index in [9.17, 15) is 9.59 Å². The molecule has 0 bridgehead atoms. The first-order valence-corrected chi connectivity index (χ1v) is 10.1. The third kappa shape index (κ3) is 3.94. The van der Waals surface area contributed by atoms with Crippen LogP contribution >= 0.6 is 22.7 Å². The van der Waals surface area contributed by atoms with Gasteiger partial charge < -0.3 is 10.6 Å². The average molecular weight is 388 g/mol. The maximum atomic E-state index is 12.7. The maximum absolute atomic E-state index is 12.7. The lowest BCUT2D eigenvalue weighted by molar-refractivity contribution is -0.118. The first-order valence-electron chi connectivity index (χ1n) is 8.38. The van der Waals surface area contributed by atoms with Crippen molar-refractivity contribution in [3.8, 4) is 0 Å². The highest BCUT2D eigenvalue weighted by Crippen LogP contribution is 2.29. The summed E-state index contributed by atoms with van der Waals surface area (Å²) in [6, 6.07) is 7.07. The smallest absolute Gasteiger partial charge is 0.262 e. The van der Waals surface area contributed by atoms with Crippen LogP contribution in [-0.2, 0) is 4.79 Å². The normalized spacial score (nSPS) is 12.3. The van der Waals surface area contributed by atoms with E-state index in [4.69, 9.17) is 0 Å². The summed E-state index contributed by atoms with van der Waals surface area (Å²) in [5.74, 6) is -0.528. The minimum Gasteiger partial charge on any atom is -0.339 e. The molecule has 2 amide bonds. The minimum atomic E-state index is -0.626. The summed E-state index contributed by atoms with van der Waals surface area (Å²) >= 11 is 2.80. The number of thiazole rings is 1. The molecule has 0 spiro atoms. The van der Waals surface area contributed by atoms with Crippen LogP contribution in [0.3, 0.4) is 0 Å². The Balaban J connectivity index is 1.78. The number of fused-ring (bicyclic) bond motifs is 1. The van der Waals surface area contributed by atoms with Gasteiger partial charge >= 0.3 is 0 Å². The van der Waals surface area contributed by atoms with E-state index >= 15 is 0 Å². The zero-order valence-corrected chi connectivity index (χ0v) is 16.8. The number of benzene rings is 1. The summed E-state index contributed by atoms with van der Waals surface area (Å²) in [4.78, 5) is 30.2. The molecule has 2 heterocycles. The number of aryl methyl sites for hydroxylation is 2. The van der Waals surface area contributed by atoms with Crippen molar-refractivity contribution in [3.05, 3.63) is 45.6 Å². The number of rotatable bonds is 5. The zero-order chi connectivity index (χ0) is 18.8. The molecule has 0 radical (unpaired) electrons. The summed E-state index contributed by atoms with van der Waals surface area (Å²) in [7, 11) is 0. The molecule has 1 aromatic carbocycles. The Bertz CT molecular complexity index is 945. The van der Waals surface area contributed by atoms with Gasteiger partial charge in [-0.25, -0.2) is 4.98 Å². The Morgan fingerprint density at radius 2 is 1.96 bits per heavy atom. The third-order valence-corrected chi connectivity index (χ3v) is 5.83. The van der Waals surface area contributed by atoms with Crippen LogP contribution in [0.15, 0.2) is 29.6 Å². The van der Waals surface area contributed by atoms with Gasteiger partial charge in [-0.05, 0) is 48.4 Å². The van der Waals surface area contributed by atoms with Crippen LogP contribution in [0.25, 0.3) is 10.2 Å². The molecule has 1 atom stereocenters. The van der Waals surface area contributed by atoms with Crippen LogP contribution < -0.4 is 10.6 Å². The SMILES string of the molecule is Cc1cc(C)c2nc(NC(=O)C(NC(=O)c3cccs3)C(C)C)sc2c1. The topological polar surface area (TPSA) is 71.1 Å². The van der Waals surface area contributed by atoms with Crippen molar-refractivity contribution in [2.24, 2.45) is 5.92 Å². The Kier molecular flexibility index (Phi) is 5.38. The van der Waals surface area contributed by atoms with E-state index in [0.717, 1.165) is 15.8 Å². The lowest BCUT2D eigenvalue weighted by Crippen LogP contribution is -2.46. The lowest BCUT2D eigenvalue weighted by Gasteiger charge is -2.20. The number of nitrogens with one attached hydrogen (secondary N) is 2. The van der Waals surface area contributed by atoms with Gasteiger partial charge in [-0.15, -0.1) is 11.3 Å². The van der Waals surface area contributed by atoms with Gasteiger partial charge in [-0.3, -0.25) is 9.59 Å². The second kappa shape index (κ2) is 7.55. The van der Waals surface area contributed by atoms with E-state index < -0.39 is 6.04 Å². The van der Waals surface area contributed by atoms with E-state index in [-0.39, 0.29) is 17.7 Å². The Morgan fingerprint density at radius 1 is 1.19 bits per heavy atom. The van der Waals surface area contributed by atoms with Crippen molar-refractivity contribution < 1.29 is 9.59 Å². The first kappa shape index (κ1) is 18.5. The molecule has 0 aliphatic carbocycles. The van der Waals surface area contributed by atoms with Crippen molar-refractivity contribution >= 4 is 49.8 Å². The molecule has 26 heavy (non-hydrogen) atoms. The second-order valence-corrected chi connectivity index (χ2v) is 8.59. The molecule has 0 saturated heterocycles. The van der Waals surface area contributed by atoms with Gasteiger partial charge in [0.1, 0.15) is 6.04 Å². The third-order valence-electron chi connectivity index (χ3n) is 4.04. The van der Waals surface area contributed by atoms with Gasteiger partial charge in [-0.1, -0.05) is 37.3 Å². The summed E-state index contributed by atoms with van der Waals surface area (Å²) in [6.45, 7) is 7.87. The Hall–Kier alpha value is -2.25. The molecule has 3 aromatic rings.